The van der Waals surface area contributed by atoms with Crippen molar-refractivity contribution < 1.29 is 8.42 Å². The van der Waals surface area contributed by atoms with Gasteiger partial charge in [0.15, 0.2) is 0 Å². The molecule has 2 atom stereocenters. The largest absolute Gasteiger partial charge is 0.249 e. The van der Waals surface area contributed by atoms with Crippen LogP contribution in [0.25, 0.3) is 0 Å². The molecule has 2 nitrogen and oxygen atoms in total. The predicted molar refractivity (Wildman–Crippen MR) is 93.4 cm³/mol. The summed E-state index contributed by atoms with van der Waals surface area (Å²) in [6, 6.07) is 24.0. The molecule has 0 N–H and O–H groups in total. The zero-order valence-corrected chi connectivity index (χ0v) is 14.3. The molecule has 4 heteroatoms. The maximum Gasteiger partial charge on any atom is 0.0862 e. The van der Waals surface area contributed by atoms with E-state index in [2.05, 4.69) is 0 Å². The number of benzene rings is 3. The first-order chi connectivity index (χ1) is 11.2. The second-order valence-corrected chi connectivity index (χ2v) is 8.01. The van der Waals surface area contributed by atoms with Crippen LogP contribution in [0, 0.1) is 6.92 Å². The third kappa shape index (κ3) is 3.49. The van der Waals surface area contributed by atoms with Crippen molar-refractivity contribution in [2.75, 3.05) is 0 Å². The predicted octanol–water partition coefficient (Wildman–Crippen LogP) is 4.33. The maximum absolute atomic E-state index is 12.9. The Labute approximate surface area is 141 Å². The van der Waals surface area contributed by atoms with Gasteiger partial charge >= 0.3 is 0 Å². The topological polar surface area (TPSA) is 34.1 Å². The molecule has 0 saturated heterocycles. The van der Waals surface area contributed by atoms with E-state index in [1.165, 1.54) is 0 Å². The maximum atomic E-state index is 12.9. The van der Waals surface area contributed by atoms with Crippen LogP contribution in [-0.2, 0) is 21.6 Å². The van der Waals surface area contributed by atoms with Crippen LogP contribution in [0.2, 0.25) is 0 Å². The Balaban J connectivity index is 2.03. The summed E-state index contributed by atoms with van der Waals surface area (Å²) in [5.41, 5.74) is 1.12. The van der Waals surface area contributed by atoms with Crippen molar-refractivity contribution in [1.29, 1.82) is 0 Å². The van der Waals surface area contributed by atoms with Gasteiger partial charge in [-0.05, 0) is 43.3 Å². The summed E-state index contributed by atoms with van der Waals surface area (Å²) < 4.78 is 25.7. The lowest BCUT2D eigenvalue weighted by Crippen LogP contribution is -2.01. The standard InChI is InChI=1S/C19H16O2S2/c1-15-11-13-17(14-12-15)23(21)19-10-6-5-9-18(19)22(20)16-7-3-2-4-8-16/h2-14H,1H3/t22?,23-/m1/s1. The number of hydrogen-bond donors (Lipinski definition) is 0. The van der Waals surface area contributed by atoms with Crippen LogP contribution in [0.15, 0.2) is 98.4 Å². The molecule has 0 aliphatic heterocycles. The van der Waals surface area contributed by atoms with E-state index in [9.17, 15) is 8.42 Å². The summed E-state index contributed by atoms with van der Waals surface area (Å²) in [4.78, 5) is 2.62. The Bertz CT molecular complexity index is 856. The van der Waals surface area contributed by atoms with Gasteiger partial charge in [-0.3, -0.25) is 0 Å². The van der Waals surface area contributed by atoms with Crippen molar-refractivity contribution in [2.45, 2.75) is 26.5 Å². The van der Waals surface area contributed by atoms with Crippen LogP contribution in [0.3, 0.4) is 0 Å². The lowest BCUT2D eigenvalue weighted by atomic mass is 10.2. The van der Waals surface area contributed by atoms with E-state index in [1.54, 1.807) is 12.1 Å². The molecule has 0 amide bonds. The van der Waals surface area contributed by atoms with Gasteiger partial charge in [0.25, 0.3) is 0 Å². The van der Waals surface area contributed by atoms with Crippen LogP contribution in [-0.4, -0.2) is 8.42 Å². The average Bonchev–Trinajstić information content (AvgIpc) is 2.62. The van der Waals surface area contributed by atoms with Gasteiger partial charge in [0.2, 0.25) is 0 Å². The highest BCUT2D eigenvalue weighted by molar-refractivity contribution is 7.88. The van der Waals surface area contributed by atoms with Gasteiger partial charge < -0.3 is 0 Å². The lowest BCUT2D eigenvalue weighted by molar-refractivity contribution is 0.674. The van der Waals surface area contributed by atoms with Crippen molar-refractivity contribution in [3.05, 3.63) is 84.4 Å². The quantitative estimate of drug-likeness (QED) is 0.708. The SMILES string of the molecule is Cc1ccc([S@@](=O)c2ccccc2S(=O)c2ccccc2)cc1. The summed E-state index contributed by atoms with van der Waals surface area (Å²) in [7, 11) is -2.70. The second kappa shape index (κ2) is 7.02. The fourth-order valence-electron chi connectivity index (χ4n) is 2.22. The third-order valence-electron chi connectivity index (χ3n) is 3.44. The Morgan fingerprint density at radius 3 is 1.52 bits per heavy atom. The lowest BCUT2D eigenvalue weighted by Gasteiger charge is -2.09. The minimum Gasteiger partial charge on any atom is -0.249 e. The van der Waals surface area contributed by atoms with Crippen LogP contribution in [0.4, 0.5) is 0 Å². The van der Waals surface area contributed by atoms with E-state index in [0.29, 0.717) is 19.6 Å². The molecular formula is C19H16O2S2. The smallest absolute Gasteiger partial charge is 0.0862 e. The minimum absolute atomic E-state index is 0.595. The average molecular weight is 340 g/mol. The molecule has 0 aliphatic carbocycles. The van der Waals surface area contributed by atoms with Crippen molar-refractivity contribution in [2.24, 2.45) is 0 Å². The molecule has 0 radical (unpaired) electrons. The fourth-order valence-corrected chi connectivity index (χ4v) is 4.87. The van der Waals surface area contributed by atoms with Crippen molar-refractivity contribution in [3.63, 3.8) is 0 Å². The van der Waals surface area contributed by atoms with E-state index < -0.39 is 21.6 Å². The van der Waals surface area contributed by atoms with Crippen LogP contribution in [0.5, 0.6) is 0 Å². The zero-order chi connectivity index (χ0) is 16.2. The highest BCUT2D eigenvalue weighted by atomic mass is 32.2. The van der Waals surface area contributed by atoms with Gasteiger partial charge in [0.05, 0.1) is 31.4 Å². The van der Waals surface area contributed by atoms with Crippen LogP contribution in [0.1, 0.15) is 5.56 Å². The van der Waals surface area contributed by atoms with Crippen molar-refractivity contribution in [1.82, 2.24) is 0 Å². The molecule has 0 spiro atoms. The van der Waals surface area contributed by atoms with Gasteiger partial charge in [0.1, 0.15) is 0 Å². The van der Waals surface area contributed by atoms with Gasteiger partial charge in [-0.2, -0.15) is 0 Å². The molecule has 0 bridgehead atoms. The van der Waals surface area contributed by atoms with Gasteiger partial charge in [-0.25, -0.2) is 8.42 Å². The Morgan fingerprint density at radius 2 is 1.00 bits per heavy atom. The van der Waals surface area contributed by atoms with Crippen LogP contribution < -0.4 is 0 Å². The molecule has 3 rings (SSSR count). The third-order valence-corrected chi connectivity index (χ3v) is 6.48. The minimum atomic E-state index is -1.35. The molecule has 0 saturated carbocycles. The zero-order valence-electron chi connectivity index (χ0n) is 12.6. The van der Waals surface area contributed by atoms with E-state index in [1.807, 2.05) is 73.7 Å². The van der Waals surface area contributed by atoms with Crippen molar-refractivity contribution >= 4 is 21.6 Å². The van der Waals surface area contributed by atoms with Crippen LogP contribution >= 0.6 is 0 Å². The summed E-state index contributed by atoms with van der Waals surface area (Å²) >= 11 is 0. The molecule has 1 unspecified atom stereocenters. The summed E-state index contributed by atoms with van der Waals surface area (Å²) in [5, 5.41) is 0. The van der Waals surface area contributed by atoms with Gasteiger partial charge in [0, 0.05) is 9.79 Å². The first-order valence-electron chi connectivity index (χ1n) is 7.21. The molecule has 3 aromatic rings. The first kappa shape index (κ1) is 15.8. The monoisotopic (exact) mass is 340 g/mol. The second-order valence-electron chi connectivity index (χ2n) is 5.11. The molecule has 0 fully saturated rings. The molecule has 0 aliphatic rings. The van der Waals surface area contributed by atoms with Gasteiger partial charge in [-0.1, -0.05) is 48.0 Å². The number of rotatable bonds is 4. The van der Waals surface area contributed by atoms with E-state index in [4.69, 9.17) is 0 Å². The molecule has 0 heterocycles. The highest BCUT2D eigenvalue weighted by Gasteiger charge is 2.17. The summed E-state index contributed by atoms with van der Waals surface area (Å²) in [6.45, 7) is 1.99. The van der Waals surface area contributed by atoms with Crippen molar-refractivity contribution in [3.8, 4) is 0 Å². The Hall–Kier alpha value is -2.04. The number of aryl methyl sites for hydroxylation is 1. The molecule has 23 heavy (non-hydrogen) atoms. The van der Waals surface area contributed by atoms with E-state index in [-0.39, 0.29) is 0 Å². The van der Waals surface area contributed by atoms with Gasteiger partial charge in [-0.15, -0.1) is 0 Å². The summed E-state index contributed by atoms with van der Waals surface area (Å²) in [6.07, 6.45) is 0. The first-order valence-corrected chi connectivity index (χ1v) is 9.51. The molecule has 116 valence electrons. The Kier molecular flexibility index (Phi) is 4.84. The molecule has 0 aromatic heterocycles. The molecule has 3 aromatic carbocycles. The Morgan fingerprint density at radius 1 is 0.565 bits per heavy atom. The summed E-state index contributed by atoms with van der Waals surface area (Å²) in [5.74, 6) is 0. The fraction of sp³-hybridized carbons (Fsp3) is 0.0526. The van der Waals surface area contributed by atoms with E-state index >= 15 is 0 Å². The number of hydrogen-bond acceptors (Lipinski definition) is 2. The normalized spacial score (nSPS) is 13.4. The highest BCUT2D eigenvalue weighted by Crippen LogP contribution is 2.26. The van der Waals surface area contributed by atoms with E-state index in [0.717, 1.165) is 5.56 Å². The molecular weight excluding hydrogens is 324 g/mol.